The van der Waals surface area contributed by atoms with Crippen molar-refractivity contribution in [2.24, 2.45) is 4.99 Å². The fourth-order valence-corrected chi connectivity index (χ4v) is 5.37. The first-order valence-corrected chi connectivity index (χ1v) is 11.6. The van der Waals surface area contributed by atoms with Crippen LogP contribution in [0.2, 0.25) is 0 Å². The molecule has 6 rings (SSSR count). The predicted octanol–water partition coefficient (Wildman–Crippen LogP) is 3.34. The molecule has 2 bridgehead atoms. The van der Waals surface area contributed by atoms with E-state index in [1.165, 1.54) is 5.56 Å². The van der Waals surface area contributed by atoms with Gasteiger partial charge in [-0.3, -0.25) is 9.69 Å². The molecule has 1 amide bonds. The summed E-state index contributed by atoms with van der Waals surface area (Å²) in [5.74, 6) is 1.47. The highest BCUT2D eigenvalue weighted by atomic mass is 16.5. The third-order valence-electron chi connectivity index (χ3n) is 7.10. The molecule has 162 valence electrons. The zero-order chi connectivity index (χ0) is 20.3. The molecule has 0 spiro atoms. The van der Waals surface area contributed by atoms with Crippen LogP contribution in [0.4, 0.5) is 0 Å². The topological polar surface area (TPSA) is 60.4 Å². The van der Waals surface area contributed by atoms with Gasteiger partial charge in [0.05, 0.1) is 18.8 Å². The lowest BCUT2D eigenvalue weighted by Gasteiger charge is -2.30. The Kier molecular flexibility index (Phi) is 6.16. The second-order valence-corrected chi connectivity index (χ2v) is 8.94. The fourth-order valence-electron chi connectivity index (χ4n) is 5.37. The Labute approximate surface area is 178 Å². The van der Waals surface area contributed by atoms with Gasteiger partial charge >= 0.3 is 0 Å². The Morgan fingerprint density at radius 2 is 1.87 bits per heavy atom. The van der Waals surface area contributed by atoms with E-state index in [4.69, 9.17) is 14.2 Å². The van der Waals surface area contributed by atoms with Crippen LogP contribution in [0.5, 0.6) is 5.75 Å². The van der Waals surface area contributed by atoms with E-state index < -0.39 is 0 Å². The molecule has 6 heteroatoms. The molecule has 4 aliphatic heterocycles. The number of carbonyl (C=O) groups excluding carboxylic acids is 1. The summed E-state index contributed by atoms with van der Waals surface area (Å²) in [5.41, 5.74) is 2.30. The minimum Gasteiger partial charge on any atom is -0.492 e. The van der Waals surface area contributed by atoms with Gasteiger partial charge in [0.2, 0.25) is 0 Å². The number of hydrogen-bond donors (Lipinski definition) is 0. The number of benzene rings is 1. The zero-order valence-corrected chi connectivity index (χ0v) is 17.6. The van der Waals surface area contributed by atoms with Gasteiger partial charge in [-0.05, 0) is 56.1 Å². The standard InChI is InChI=1S/C24H32N2O4/c27-24(23-6-3-14-28-23)25-20-11-12-26-13-15-29-22-5-2-1-4-19(22)17-7-9-18(10-8-17)30-16-21(20)26/h1-2,4-5,17-18,21,23H,3,6-16H2/t17?,18?,21?,23-/m0/s1. The molecule has 0 aromatic heterocycles. The number of fused-ring (bicyclic) bond motifs is 5. The van der Waals surface area contributed by atoms with E-state index in [9.17, 15) is 4.79 Å². The molecule has 2 atom stereocenters. The van der Waals surface area contributed by atoms with Crippen molar-refractivity contribution in [1.29, 1.82) is 0 Å². The smallest absolute Gasteiger partial charge is 0.274 e. The molecular formula is C24H32N2O4. The van der Waals surface area contributed by atoms with E-state index in [-0.39, 0.29) is 18.1 Å². The van der Waals surface area contributed by atoms with Gasteiger partial charge in [0.1, 0.15) is 18.5 Å². The molecule has 1 aromatic rings. The summed E-state index contributed by atoms with van der Waals surface area (Å²) in [5, 5.41) is 0. The molecule has 4 heterocycles. The maximum absolute atomic E-state index is 12.6. The molecule has 5 aliphatic rings. The lowest BCUT2D eigenvalue weighted by atomic mass is 9.82. The van der Waals surface area contributed by atoms with E-state index in [0.717, 1.165) is 69.5 Å². The van der Waals surface area contributed by atoms with Crippen LogP contribution >= 0.6 is 0 Å². The summed E-state index contributed by atoms with van der Waals surface area (Å²) in [6.07, 6.45) is 6.93. The van der Waals surface area contributed by atoms with Crippen molar-refractivity contribution in [3.05, 3.63) is 29.8 Å². The number of carbonyl (C=O) groups is 1. The summed E-state index contributed by atoms with van der Waals surface area (Å²) < 4.78 is 18.2. The second kappa shape index (κ2) is 9.16. The van der Waals surface area contributed by atoms with Crippen LogP contribution in [0, 0.1) is 0 Å². The molecule has 30 heavy (non-hydrogen) atoms. The van der Waals surface area contributed by atoms with Gasteiger partial charge in [-0.25, -0.2) is 4.99 Å². The van der Waals surface area contributed by atoms with Crippen molar-refractivity contribution < 1.29 is 19.0 Å². The van der Waals surface area contributed by atoms with Crippen LogP contribution in [-0.2, 0) is 14.3 Å². The first-order chi connectivity index (χ1) is 14.8. The summed E-state index contributed by atoms with van der Waals surface area (Å²) in [6.45, 7) is 3.62. The number of nitrogens with zero attached hydrogens (tertiary/aromatic N) is 2. The third kappa shape index (κ3) is 4.32. The molecule has 0 N–H and O–H groups in total. The molecular weight excluding hydrogens is 380 g/mol. The zero-order valence-electron chi connectivity index (χ0n) is 17.6. The molecule has 0 radical (unpaired) electrons. The van der Waals surface area contributed by atoms with Gasteiger partial charge in [-0.15, -0.1) is 0 Å². The number of hydrogen-bond acceptors (Lipinski definition) is 5. The second-order valence-electron chi connectivity index (χ2n) is 8.94. The number of amides is 1. The quantitative estimate of drug-likeness (QED) is 0.708. The summed E-state index contributed by atoms with van der Waals surface area (Å²) >= 11 is 0. The van der Waals surface area contributed by atoms with Crippen molar-refractivity contribution in [2.45, 2.75) is 69.1 Å². The minimum absolute atomic E-state index is 0.0627. The van der Waals surface area contributed by atoms with E-state index in [2.05, 4.69) is 34.2 Å². The van der Waals surface area contributed by atoms with Gasteiger partial charge in [0.25, 0.3) is 5.91 Å². The number of ether oxygens (including phenoxy) is 3. The van der Waals surface area contributed by atoms with Gasteiger partial charge in [0, 0.05) is 31.8 Å². The first kappa shape index (κ1) is 20.2. The minimum atomic E-state index is -0.350. The van der Waals surface area contributed by atoms with Crippen molar-refractivity contribution in [3.8, 4) is 5.75 Å². The van der Waals surface area contributed by atoms with E-state index >= 15 is 0 Å². The Morgan fingerprint density at radius 3 is 2.70 bits per heavy atom. The Bertz CT molecular complexity index is 781. The van der Waals surface area contributed by atoms with Gasteiger partial charge < -0.3 is 14.2 Å². The highest BCUT2D eigenvalue weighted by Gasteiger charge is 2.34. The largest absolute Gasteiger partial charge is 0.492 e. The summed E-state index contributed by atoms with van der Waals surface area (Å²) in [6, 6.07) is 8.57. The van der Waals surface area contributed by atoms with Crippen LogP contribution < -0.4 is 4.74 Å². The predicted molar refractivity (Wildman–Crippen MR) is 114 cm³/mol. The van der Waals surface area contributed by atoms with Crippen LogP contribution in [0.15, 0.2) is 29.3 Å². The molecule has 3 fully saturated rings. The van der Waals surface area contributed by atoms with E-state index in [1.54, 1.807) is 0 Å². The van der Waals surface area contributed by atoms with Gasteiger partial charge in [0.15, 0.2) is 0 Å². The van der Waals surface area contributed by atoms with Crippen LogP contribution in [-0.4, -0.2) is 67.7 Å². The molecule has 1 aromatic carbocycles. The SMILES string of the molecule is O=C(N=C1CCN2CCOc3ccccc3C3CCC(CC3)OCC12)[C@@H]1CCCO1. The van der Waals surface area contributed by atoms with Crippen molar-refractivity contribution in [3.63, 3.8) is 0 Å². The van der Waals surface area contributed by atoms with Gasteiger partial charge in [-0.1, -0.05) is 18.2 Å². The molecule has 1 unspecified atom stereocenters. The van der Waals surface area contributed by atoms with Crippen molar-refractivity contribution in [2.75, 3.05) is 32.9 Å². The van der Waals surface area contributed by atoms with Crippen molar-refractivity contribution in [1.82, 2.24) is 4.90 Å². The van der Waals surface area contributed by atoms with Crippen LogP contribution in [0.3, 0.4) is 0 Å². The number of rotatable bonds is 1. The highest BCUT2D eigenvalue weighted by Crippen LogP contribution is 2.38. The van der Waals surface area contributed by atoms with Crippen LogP contribution in [0.25, 0.3) is 0 Å². The number of para-hydroxylation sites is 1. The van der Waals surface area contributed by atoms with Crippen molar-refractivity contribution >= 4 is 11.6 Å². The summed E-state index contributed by atoms with van der Waals surface area (Å²) in [4.78, 5) is 19.5. The third-order valence-corrected chi connectivity index (χ3v) is 7.10. The summed E-state index contributed by atoms with van der Waals surface area (Å²) in [7, 11) is 0. The lowest BCUT2D eigenvalue weighted by Crippen LogP contribution is -2.41. The molecule has 1 saturated carbocycles. The lowest BCUT2D eigenvalue weighted by molar-refractivity contribution is -0.126. The Balaban J connectivity index is 1.34. The Hall–Kier alpha value is -1.76. The normalized spacial score (nSPS) is 33.8. The maximum atomic E-state index is 12.6. The van der Waals surface area contributed by atoms with E-state index in [1.807, 2.05) is 0 Å². The monoisotopic (exact) mass is 412 g/mol. The fraction of sp³-hybridized carbons (Fsp3) is 0.667. The molecule has 6 nitrogen and oxygen atoms in total. The van der Waals surface area contributed by atoms with Gasteiger partial charge in [-0.2, -0.15) is 0 Å². The molecule has 1 aliphatic carbocycles. The molecule has 2 saturated heterocycles. The highest BCUT2D eigenvalue weighted by molar-refractivity contribution is 6.01. The maximum Gasteiger partial charge on any atom is 0.274 e. The number of aliphatic imine (C=N–C) groups is 1. The Morgan fingerprint density at radius 1 is 1.00 bits per heavy atom. The average molecular weight is 413 g/mol. The average Bonchev–Trinajstić information content (AvgIpc) is 3.44. The van der Waals surface area contributed by atoms with E-state index in [0.29, 0.717) is 31.8 Å². The van der Waals surface area contributed by atoms with Crippen LogP contribution in [0.1, 0.15) is 56.4 Å². The first-order valence-electron chi connectivity index (χ1n) is 11.6.